The lowest BCUT2D eigenvalue weighted by molar-refractivity contribution is 0.968. The van der Waals surface area contributed by atoms with E-state index in [2.05, 4.69) is 65.6 Å². The summed E-state index contributed by atoms with van der Waals surface area (Å²) in [4.78, 5) is 8.69. The van der Waals surface area contributed by atoms with Crippen molar-refractivity contribution in [2.24, 2.45) is 0 Å². The zero-order chi connectivity index (χ0) is 15.1. The molecule has 0 spiro atoms. The molecule has 0 aliphatic heterocycles. The van der Waals surface area contributed by atoms with Gasteiger partial charge in [0, 0.05) is 18.7 Å². The smallest absolute Gasteiger partial charge is 0.134 e. The van der Waals surface area contributed by atoms with E-state index in [0.29, 0.717) is 0 Å². The van der Waals surface area contributed by atoms with Crippen LogP contribution in [0.4, 0.5) is 11.6 Å². The maximum absolute atomic E-state index is 4.38. The zero-order valence-electron chi connectivity index (χ0n) is 13.1. The first-order valence-corrected chi connectivity index (χ1v) is 7.61. The highest BCUT2D eigenvalue weighted by Crippen LogP contribution is 2.20. The van der Waals surface area contributed by atoms with Crippen molar-refractivity contribution in [3.8, 4) is 0 Å². The van der Waals surface area contributed by atoms with Gasteiger partial charge in [-0.25, -0.2) is 9.97 Å². The molecule has 2 N–H and O–H groups in total. The molecule has 0 unspecified atom stereocenters. The predicted molar refractivity (Wildman–Crippen MR) is 88.9 cm³/mol. The van der Waals surface area contributed by atoms with E-state index in [1.165, 1.54) is 11.1 Å². The monoisotopic (exact) mass is 284 g/mol. The summed E-state index contributed by atoms with van der Waals surface area (Å²) in [5.41, 5.74) is 3.81. The van der Waals surface area contributed by atoms with Crippen LogP contribution in [0.5, 0.6) is 0 Å². The molecule has 0 bridgehead atoms. The van der Waals surface area contributed by atoms with Gasteiger partial charge in [-0.3, -0.25) is 0 Å². The molecular formula is C17H24N4. The largest absolute Gasteiger partial charge is 0.370 e. The highest BCUT2D eigenvalue weighted by atomic mass is 15.1. The minimum absolute atomic E-state index is 0.868. The normalized spacial score (nSPS) is 10.4. The van der Waals surface area contributed by atoms with Crippen LogP contribution in [0, 0.1) is 6.92 Å². The third-order valence-corrected chi connectivity index (χ3v) is 3.43. The van der Waals surface area contributed by atoms with Crippen LogP contribution in [0.25, 0.3) is 0 Å². The molecule has 2 aromatic rings. The minimum Gasteiger partial charge on any atom is -0.370 e. The molecule has 1 aromatic heterocycles. The summed E-state index contributed by atoms with van der Waals surface area (Å²) in [6, 6.07) is 8.63. The van der Waals surface area contributed by atoms with Crippen molar-refractivity contribution in [2.75, 3.05) is 23.7 Å². The Hall–Kier alpha value is -2.10. The standard InChI is InChI=1S/C17H24N4/c1-4-15-16(18-5-2)20-12-21-17(15)19-10-9-14-8-6-7-13(3)11-14/h6-8,11-12H,4-5,9-10H2,1-3H3,(H2,18,19,20,21). The van der Waals surface area contributed by atoms with Gasteiger partial charge < -0.3 is 10.6 Å². The number of aryl methyl sites for hydroxylation is 1. The highest BCUT2D eigenvalue weighted by Gasteiger charge is 2.08. The third-order valence-electron chi connectivity index (χ3n) is 3.43. The van der Waals surface area contributed by atoms with E-state index in [0.717, 1.165) is 43.1 Å². The van der Waals surface area contributed by atoms with Gasteiger partial charge in [0.1, 0.15) is 18.0 Å². The number of nitrogens with zero attached hydrogens (tertiary/aromatic N) is 2. The number of hydrogen-bond acceptors (Lipinski definition) is 4. The Morgan fingerprint density at radius 2 is 1.81 bits per heavy atom. The van der Waals surface area contributed by atoms with Gasteiger partial charge in [-0.15, -0.1) is 0 Å². The molecule has 0 saturated carbocycles. The number of hydrogen-bond donors (Lipinski definition) is 2. The number of rotatable bonds is 7. The molecule has 112 valence electrons. The molecule has 0 atom stereocenters. The molecule has 0 fully saturated rings. The summed E-state index contributed by atoms with van der Waals surface area (Å²) in [7, 11) is 0. The predicted octanol–water partition coefficient (Wildman–Crippen LogP) is 3.43. The molecule has 21 heavy (non-hydrogen) atoms. The molecule has 1 aromatic carbocycles. The molecule has 4 heteroatoms. The average molecular weight is 284 g/mol. The van der Waals surface area contributed by atoms with Crippen molar-refractivity contribution in [3.63, 3.8) is 0 Å². The first-order valence-electron chi connectivity index (χ1n) is 7.61. The molecule has 2 rings (SSSR count). The fourth-order valence-corrected chi connectivity index (χ4v) is 2.41. The summed E-state index contributed by atoms with van der Waals surface area (Å²) >= 11 is 0. The Bertz CT molecular complexity index is 581. The zero-order valence-corrected chi connectivity index (χ0v) is 13.1. The van der Waals surface area contributed by atoms with Crippen LogP contribution < -0.4 is 10.6 Å². The van der Waals surface area contributed by atoms with Crippen LogP contribution in [0.1, 0.15) is 30.5 Å². The average Bonchev–Trinajstić information content (AvgIpc) is 2.48. The quantitative estimate of drug-likeness (QED) is 0.818. The second kappa shape index (κ2) is 7.62. The van der Waals surface area contributed by atoms with Crippen molar-refractivity contribution in [2.45, 2.75) is 33.6 Å². The van der Waals surface area contributed by atoms with Gasteiger partial charge in [0.25, 0.3) is 0 Å². The van der Waals surface area contributed by atoms with Gasteiger partial charge >= 0.3 is 0 Å². The molecule has 0 aliphatic carbocycles. The highest BCUT2D eigenvalue weighted by molar-refractivity contribution is 5.57. The molecular weight excluding hydrogens is 260 g/mol. The topological polar surface area (TPSA) is 49.8 Å². The van der Waals surface area contributed by atoms with Gasteiger partial charge in [0.05, 0.1) is 0 Å². The Morgan fingerprint density at radius 3 is 2.48 bits per heavy atom. The van der Waals surface area contributed by atoms with E-state index in [-0.39, 0.29) is 0 Å². The molecule has 0 aliphatic rings. The second-order valence-corrected chi connectivity index (χ2v) is 5.10. The first-order chi connectivity index (χ1) is 10.2. The maximum atomic E-state index is 4.38. The Kier molecular flexibility index (Phi) is 5.55. The molecule has 1 heterocycles. The summed E-state index contributed by atoms with van der Waals surface area (Å²) in [5, 5.41) is 6.73. The van der Waals surface area contributed by atoms with E-state index in [1.807, 2.05) is 0 Å². The second-order valence-electron chi connectivity index (χ2n) is 5.10. The first kappa shape index (κ1) is 15.3. The van der Waals surface area contributed by atoms with Crippen LogP contribution in [-0.2, 0) is 12.8 Å². The minimum atomic E-state index is 0.868. The van der Waals surface area contributed by atoms with Gasteiger partial charge in [-0.05, 0) is 32.3 Å². The van der Waals surface area contributed by atoms with E-state index in [1.54, 1.807) is 6.33 Å². The SMILES string of the molecule is CCNc1ncnc(NCCc2cccc(C)c2)c1CC. The number of benzene rings is 1. The van der Waals surface area contributed by atoms with Gasteiger partial charge in [-0.2, -0.15) is 0 Å². The summed E-state index contributed by atoms with van der Waals surface area (Å²) < 4.78 is 0. The van der Waals surface area contributed by atoms with Gasteiger partial charge in [0.2, 0.25) is 0 Å². The van der Waals surface area contributed by atoms with Crippen LogP contribution >= 0.6 is 0 Å². The van der Waals surface area contributed by atoms with Crippen LogP contribution in [-0.4, -0.2) is 23.1 Å². The van der Waals surface area contributed by atoms with E-state index >= 15 is 0 Å². The molecule has 0 saturated heterocycles. The summed E-state index contributed by atoms with van der Waals surface area (Å²) in [6.07, 6.45) is 3.52. The lowest BCUT2D eigenvalue weighted by Crippen LogP contribution is -2.12. The van der Waals surface area contributed by atoms with Crippen molar-refractivity contribution < 1.29 is 0 Å². The molecule has 4 nitrogen and oxygen atoms in total. The van der Waals surface area contributed by atoms with Crippen molar-refractivity contribution >= 4 is 11.6 Å². The Labute approximate surface area is 127 Å². The van der Waals surface area contributed by atoms with Crippen LogP contribution in [0.15, 0.2) is 30.6 Å². The van der Waals surface area contributed by atoms with Crippen LogP contribution in [0.2, 0.25) is 0 Å². The fraction of sp³-hybridized carbons (Fsp3) is 0.412. The number of aromatic nitrogens is 2. The number of anilines is 2. The van der Waals surface area contributed by atoms with Gasteiger partial charge in [-0.1, -0.05) is 36.8 Å². The van der Waals surface area contributed by atoms with Gasteiger partial charge in [0.15, 0.2) is 0 Å². The van der Waals surface area contributed by atoms with Crippen molar-refractivity contribution in [1.29, 1.82) is 0 Å². The molecule has 0 radical (unpaired) electrons. The Balaban J connectivity index is 2.01. The van der Waals surface area contributed by atoms with Crippen molar-refractivity contribution in [1.82, 2.24) is 9.97 Å². The lowest BCUT2D eigenvalue weighted by atomic mass is 10.1. The third kappa shape index (κ3) is 4.18. The van der Waals surface area contributed by atoms with E-state index < -0.39 is 0 Å². The number of nitrogens with one attached hydrogen (secondary N) is 2. The fourth-order valence-electron chi connectivity index (χ4n) is 2.41. The summed E-state index contributed by atoms with van der Waals surface area (Å²) in [5.74, 6) is 1.88. The van der Waals surface area contributed by atoms with E-state index in [9.17, 15) is 0 Å². The summed E-state index contributed by atoms with van der Waals surface area (Å²) in [6.45, 7) is 8.07. The maximum Gasteiger partial charge on any atom is 0.134 e. The van der Waals surface area contributed by atoms with E-state index in [4.69, 9.17) is 0 Å². The Morgan fingerprint density at radius 1 is 1.05 bits per heavy atom. The van der Waals surface area contributed by atoms with Crippen LogP contribution in [0.3, 0.4) is 0 Å². The lowest BCUT2D eigenvalue weighted by Gasteiger charge is -2.13. The van der Waals surface area contributed by atoms with Crippen molar-refractivity contribution in [3.05, 3.63) is 47.3 Å². The molecule has 0 amide bonds.